The highest BCUT2D eigenvalue weighted by Gasteiger charge is 2.24. The molecular weight excluding hydrogens is 354 g/mol. The molecule has 0 radical (unpaired) electrons. The van der Waals surface area contributed by atoms with Gasteiger partial charge in [-0.2, -0.15) is 22.7 Å². The zero-order valence-electron chi connectivity index (χ0n) is 14.2. The zero-order valence-corrected chi connectivity index (χ0v) is 15.9. The van der Waals surface area contributed by atoms with E-state index in [0.717, 1.165) is 19.3 Å². The molecule has 7 heteroatoms. The second-order valence-corrected chi connectivity index (χ2v) is 7.99. The van der Waals surface area contributed by atoms with Gasteiger partial charge in [-0.3, -0.25) is 4.79 Å². The van der Waals surface area contributed by atoms with Crippen molar-refractivity contribution in [3.05, 3.63) is 44.8 Å². The van der Waals surface area contributed by atoms with E-state index in [-0.39, 0.29) is 24.0 Å². The van der Waals surface area contributed by atoms with Crippen LogP contribution in [0.15, 0.2) is 33.7 Å². The number of nitrogens with zero attached hydrogens (tertiary/aromatic N) is 1. The Labute approximate surface area is 156 Å². The molecule has 1 saturated heterocycles. The summed E-state index contributed by atoms with van der Waals surface area (Å²) in [6, 6.07) is 4.16. The molecule has 1 fully saturated rings. The first-order valence-electron chi connectivity index (χ1n) is 8.51. The van der Waals surface area contributed by atoms with Gasteiger partial charge in [0.05, 0.1) is 0 Å². The summed E-state index contributed by atoms with van der Waals surface area (Å²) in [7, 11) is 0. The van der Waals surface area contributed by atoms with Gasteiger partial charge in [0.25, 0.3) is 5.91 Å². The molecule has 1 atom stereocenters. The third-order valence-corrected chi connectivity index (χ3v) is 5.81. The molecular formula is C18H23N3O2S2. The van der Waals surface area contributed by atoms with Crippen LogP contribution in [0.1, 0.15) is 35.7 Å². The average molecular weight is 378 g/mol. The first kappa shape index (κ1) is 17.9. The predicted octanol–water partition coefficient (Wildman–Crippen LogP) is 3.34. The van der Waals surface area contributed by atoms with Crippen LogP contribution in [0, 0.1) is 0 Å². The Hall–Kier alpha value is -1.86. The summed E-state index contributed by atoms with van der Waals surface area (Å²) < 4.78 is 0. The van der Waals surface area contributed by atoms with Crippen molar-refractivity contribution in [2.75, 3.05) is 13.1 Å². The fraction of sp³-hybridized carbons (Fsp3) is 0.444. The quantitative estimate of drug-likeness (QED) is 0.839. The molecule has 2 aromatic heterocycles. The van der Waals surface area contributed by atoms with E-state index in [4.69, 9.17) is 0 Å². The maximum atomic E-state index is 12.4. The summed E-state index contributed by atoms with van der Waals surface area (Å²) in [5.74, 6) is -0.0199. The van der Waals surface area contributed by atoms with Gasteiger partial charge in [-0.15, -0.1) is 0 Å². The molecule has 134 valence electrons. The molecule has 1 unspecified atom stereocenters. The van der Waals surface area contributed by atoms with Crippen molar-refractivity contribution < 1.29 is 9.59 Å². The molecule has 0 bridgehead atoms. The van der Waals surface area contributed by atoms with Gasteiger partial charge in [0.2, 0.25) is 0 Å². The van der Waals surface area contributed by atoms with E-state index in [1.165, 1.54) is 16.9 Å². The van der Waals surface area contributed by atoms with E-state index in [2.05, 4.69) is 27.5 Å². The van der Waals surface area contributed by atoms with Crippen molar-refractivity contribution >= 4 is 34.6 Å². The first-order chi connectivity index (χ1) is 12.1. The number of carbonyl (C=O) groups excluding carboxylic acids is 2. The van der Waals surface area contributed by atoms with Crippen LogP contribution in [0.2, 0.25) is 0 Å². The number of rotatable bonds is 5. The topological polar surface area (TPSA) is 61.4 Å². The summed E-state index contributed by atoms with van der Waals surface area (Å²) >= 11 is 3.20. The molecule has 0 saturated carbocycles. The number of nitrogens with one attached hydrogen (secondary N) is 2. The van der Waals surface area contributed by atoms with Crippen LogP contribution >= 0.6 is 22.7 Å². The SMILES string of the molecule is CC(Cc1ccsc1)NC(=O)N1CCC(NC(=O)c2ccsc2)CC1. The fourth-order valence-electron chi connectivity index (χ4n) is 3.00. The Morgan fingerprint density at radius 3 is 2.56 bits per heavy atom. The van der Waals surface area contributed by atoms with Gasteiger partial charge in [0.15, 0.2) is 0 Å². The monoisotopic (exact) mass is 377 g/mol. The van der Waals surface area contributed by atoms with Crippen LogP contribution in [-0.2, 0) is 6.42 Å². The minimum atomic E-state index is -0.0199. The summed E-state index contributed by atoms with van der Waals surface area (Å²) in [6.45, 7) is 3.38. The Bertz CT molecular complexity index is 677. The lowest BCUT2D eigenvalue weighted by atomic mass is 10.0. The number of urea groups is 1. The molecule has 25 heavy (non-hydrogen) atoms. The van der Waals surface area contributed by atoms with Crippen LogP contribution in [0.25, 0.3) is 0 Å². The van der Waals surface area contributed by atoms with Crippen molar-refractivity contribution in [1.29, 1.82) is 0 Å². The highest BCUT2D eigenvalue weighted by Crippen LogP contribution is 2.13. The van der Waals surface area contributed by atoms with Gasteiger partial charge in [-0.05, 0) is 60.0 Å². The van der Waals surface area contributed by atoms with E-state index in [1.807, 2.05) is 28.7 Å². The molecule has 3 amide bonds. The predicted molar refractivity (Wildman–Crippen MR) is 102 cm³/mol. The number of likely N-dealkylation sites (tertiary alicyclic amines) is 1. The summed E-state index contributed by atoms with van der Waals surface area (Å²) in [5.41, 5.74) is 1.97. The van der Waals surface area contributed by atoms with Crippen molar-refractivity contribution in [3.63, 3.8) is 0 Å². The largest absolute Gasteiger partial charge is 0.349 e. The zero-order chi connectivity index (χ0) is 17.6. The lowest BCUT2D eigenvalue weighted by molar-refractivity contribution is 0.0918. The number of hydrogen-bond donors (Lipinski definition) is 2. The van der Waals surface area contributed by atoms with Crippen LogP contribution in [0.5, 0.6) is 0 Å². The number of piperidine rings is 1. The number of amides is 3. The lowest BCUT2D eigenvalue weighted by Gasteiger charge is -2.33. The van der Waals surface area contributed by atoms with E-state index in [0.29, 0.717) is 18.7 Å². The molecule has 3 heterocycles. The van der Waals surface area contributed by atoms with E-state index >= 15 is 0 Å². The second kappa shape index (κ2) is 8.49. The Kier molecular flexibility index (Phi) is 6.09. The Morgan fingerprint density at radius 2 is 1.92 bits per heavy atom. The van der Waals surface area contributed by atoms with Gasteiger partial charge < -0.3 is 15.5 Å². The summed E-state index contributed by atoms with van der Waals surface area (Å²) in [6.07, 6.45) is 2.44. The molecule has 5 nitrogen and oxygen atoms in total. The van der Waals surface area contributed by atoms with E-state index in [9.17, 15) is 9.59 Å². The van der Waals surface area contributed by atoms with Gasteiger partial charge in [-0.25, -0.2) is 4.79 Å². The van der Waals surface area contributed by atoms with Crippen molar-refractivity contribution in [3.8, 4) is 0 Å². The molecule has 2 aromatic rings. The Balaban J connectivity index is 1.40. The molecule has 0 aliphatic carbocycles. The van der Waals surface area contributed by atoms with Crippen LogP contribution < -0.4 is 10.6 Å². The Morgan fingerprint density at radius 1 is 1.20 bits per heavy atom. The minimum Gasteiger partial charge on any atom is -0.349 e. The van der Waals surface area contributed by atoms with Gasteiger partial charge >= 0.3 is 6.03 Å². The average Bonchev–Trinajstić information content (AvgIpc) is 3.29. The fourth-order valence-corrected chi connectivity index (χ4v) is 4.32. The maximum absolute atomic E-state index is 12.4. The summed E-state index contributed by atoms with van der Waals surface area (Å²) in [4.78, 5) is 26.3. The smallest absolute Gasteiger partial charge is 0.317 e. The van der Waals surface area contributed by atoms with Gasteiger partial charge in [-0.1, -0.05) is 0 Å². The first-order valence-corrected chi connectivity index (χ1v) is 10.4. The van der Waals surface area contributed by atoms with Crippen molar-refractivity contribution in [2.45, 2.75) is 38.3 Å². The van der Waals surface area contributed by atoms with Crippen LogP contribution in [0.3, 0.4) is 0 Å². The highest BCUT2D eigenvalue weighted by atomic mass is 32.1. The normalized spacial score (nSPS) is 16.4. The number of hydrogen-bond acceptors (Lipinski definition) is 4. The van der Waals surface area contributed by atoms with Crippen LogP contribution in [0.4, 0.5) is 4.79 Å². The van der Waals surface area contributed by atoms with Crippen molar-refractivity contribution in [1.82, 2.24) is 15.5 Å². The van der Waals surface area contributed by atoms with Crippen LogP contribution in [-0.4, -0.2) is 42.0 Å². The minimum absolute atomic E-state index is 0.00894. The van der Waals surface area contributed by atoms with Gasteiger partial charge in [0, 0.05) is 36.1 Å². The molecule has 0 spiro atoms. The van der Waals surface area contributed by atoms with E-state index < -0.39 is 0 Å². The standard InChI is InChI=1S/C18H23N3O2S2/c1-13(10-14-4-8-24-11-14)19-18(23)21-6-2-16(3-7-21)20-17(22)15-5-9-25-12-15/h4-5,8-9,11-13,16H,2-3,6-7,10H2,1H3,(H,19,23)(H,20,22). The third-order valence-electron chi connectivity index (χ3n) is 4.39. The molecule has 3 rings (SSSR count). The lowest BCUT2D eigenvalue weighted by Crippen LogP contribution is -2.51. The van der Waals surface area contributed by atoms with Crippen molar-refractivity contribution in [2.24, 2.45) is 0 Å². The highest BCUT2D eigenvalue weighted by molar-refractivity contribution is 7.08. The molecule has 1 aliphatic heterocycles. The third kappa shape index (κ3) is 5.06. The molecule has 2 N–H and O–H groups in total. The summed E-state index contributed by atoms with van der Waals surface area (Å²) in [5, 5.41) is 14.1. The second-order valence-electron chi connectivity index (χ2n) is 6.43. The molecule has 0 aromatic carbocycles. The van der Waals surface area contributed by atoms with Gasteiger partial charge in [0.1, 0.15) is 0 Å². The number of carbonyl (C=O) groups is 2. The molecule has 1 aliphatic rings. The van der Waals surface area contributed by atoms with E-state index in [1.54, 1.807) is 11.3 Å². The number of thiophene rings is 2. The maximum Gasteiger partial charge on any atom is 0.317 e.